The first-order valence-electron chi connectivity index (χ1n) is 4.34. The number of rotatable bonds is 6. The fraction of sp³-hybridized carbons (Fsp3) is 1.00. The van der Waals surface area contributed by atoms with E-state index in [0.29, 0.717) is 0 Å². The highest BCUT2D eigenvalue weighted by atomic mass is 28.2. The largest absolute Gasteiger partial charge is 0.428 e. The highest BCUT2D eigenvalue weighted by molar-refractivity contribution is 5.97. The smallest absolute Gasteiger partial charge is 0.145 e. The molecule has 0 aromatic carbocycles. The second kappa shape index (κ2) is 7.29. The van der Waals surface area contributed by atoms with Crippen molar-refractivity contribution in [3.8, 4) is 0 Å². The highest BCUT2D eigenvalue weighted by Crippen LogP contribution is 2.13. The van der Waals surface area contributed by atoms with Crippen LogP contribution in [0.3, 0.4) is 0 Å². The molecule has 0 atom stereocenters. The first kappa shape index (κ1) is 10.2. The Hall–Kier alpha value is 0.177. The predicted molar refractivity (Wildman–Crippen MR) is 49.2 cm³/mol. The Labute approximate surface area is 67.7 Å². The van der Waals surface area contributed by atoms with Gasteiger partial charge in [0.15, 0.2) is 0 Å². The van der Waals surface area contributed by atoms with Crippen LogP contribution in [0.25, 0.3) is 0 Å². The van der Waals surface area contributed by atoms with Crippen LogP contribution in [0.15, 0.2) is 0 Å². The molecule has 2 heteroatoms. The van der Waals surface area contributed by atoms with Gasteiger partial charge in [0.25, 0.3) is 0 Å². The minimum absolute atomic E-state index is 0.902. The van der Waals surface area contributed by atoms with Gasteiger partial charge in [0.2, 0.25) is 0 Å². The Morgan fingerprint density at radius 3 is 2.30 bits per heavy atom. The molecule has 0 heterocycles. The standard InChI is InChI=1S/C8H20OSi/c1-3-8(4-2)6-5-7-9-10/h8H,3-7H2,1-2,10H3. The first-order chi connectivity index (χ1) is 4.85. The second-order valence-corrected chi connectivity index (χ2v) is 3.39. The summed E-state index contributed by atoms with van der Waals surface area (Å²) in [5.41, 5.74) is 0. The molecule has 0 saturated carbocycles. The number of hydrogen-bond donors (Lipinski definition) is 0. The van der Waals surface area contributed by atoms with Crippen LogP contribution in [0.4, 0.5) is 0 Å². The van der Waals surface area contributed by atoms with E-state index in [-0.39, 0.29) is 0 Å². The van der Waals surface area contributed by atoms with Crippen molar-refractivity contribution in [2.75, 3.05) is 6.61 Å². The van der Waals surface area contributed by atoms with Crippen molar-refractivity contribution >= 4 is 10.5 Å². The molecule has 1 nitrogen and oxygen atoms in total. The van der Waals surface area contributed by atoms with Gasteiger partial charge in [-0.2, -0.15) is 0 Å². The van der Waals surface area contributed by atoms with Gasteiger partial charge in [0.1, 0.15) is 10.5 Å². The Balaban J connectivity index is 3.09. The van der Waals surface area contributed by atoms with E-state index in [1.165, 1.54) is 25.7 Å². The zero-order valence-corrected chi connectivity index (χ0v) is 9.52. The van der Waals surface area contributed by atoms with Gasteiger partial charge >= 0.3 is 0 Å². The van der Waals surface area contributed by atoms with E-state index < -0.39 is 0 Å². The zero-order valence-electron chi connectivity index (χ0n) is 7.52. The molecule has 0 aromatic rings. The minimum atomic E-state index is 0.902. The summed E-state index contributed by atoms with van der Waals surface area (Å²) in [4.78, 5) is 0. The Morgan fingerprint density at radius 2 is 1.90 bits per heavy atom. The SMILES string of the molecule is CCC(CC)CCCO[SiH3]. The molecule has 10 heavy (non-hydrogen) atoms. The molecule has 62 valence electrons. The van der Waals surface area contributed by atoms with E-state index in [1.54, 1.807) is 0 Å². The maximum Gasteiger partial charge on any atom is 0.145 e. The van der Waals surface area contributed by atoms with Gasteiger partial charge in [-0.15, -0.1) is 0 Å². The van der Waals surface area contributed by atoms with Crippen molar-refractivity contribution in [3.63, 3.8) is 0 Å². The molecule has 0 fully saturated rings. The van der Waals surface area contributed by atoms with Crippen LogP contribution >= 0.6 is 0 Å². The van der Waals surface area contributed by atoms with E-state index >= 15 is 0 Å². The normalized spacial score (nSPS) is 11.1. The van der Waals surface area contributed by atoms with Gasteiger partial charge < -0.3 is 4.43 Å². The summed E-state index contributed by atoms with van der Waals surface area (Å²) in [5, 5.41) is 0. The molecule has 0 rings (SSSR count). The van der Waals surface area contributed by atoms with Crippen molar-refractivity contribution in [1.82, 2.24) is 0 Å². The highest BCUT2D eigenvalue weighted by Gasteiger charge is 2.01. The summed E-state index contributed by atoms with van der Waals surface area (Å²) in [5.74, 6) is 0.941. The average Bonchev–Trinajstić information content (AvgIpc) is 1.99. The molecular weight excluding hydrogens is 140 g/mol. The molecule has 0 unspecified atom stereocenters. The van der Waals surface area contributed by atoms with E-state index in [1.807, 2.05) is 0 Å². The van der Waals surface area contributed by atoms with Gasteiger partial charge in [-0.05, 0) is 18.8 Å². The molecule has 0 amide bonds. The molecule has 0 saturated heterocycles. The van der Waals surface area contributed by atoms with Gasteiger partial charge in [0.05, 0.1) is 0 Å². The first-order valence-corrected chi connectivity index (χ1v) is 5.15. The summed E-state index contributed by atoms with van der Waals surface area (Å²) in [6, 6.07) is 0. The van der Waals surface area contributed by atoms with E-state index in [4.69, 9.17) is 4.43 Å². The van der Waals surface area contributed by atoms with Crippen LogP contribution < -0.4 is 0 Å². The lowest BCUT2D eigenvalue weighted by Gasteiger charge is -2.10. The van der Waals surface area contributed by atoms with Crippen molar-refractivity contribution in [3.05, 3.63) is 0 Å². The summed E-state index contributed by atoms with van der Waals surface area (Å²) < 4.78 is 5.12. The maximum absolute atomic E-state index is 5.12. The third kappa shape index (κ3) is 5.00. The second-order valence-electron chi connectivity index (χ2n) is 2.82. The average molecular weight is 160 g/mol. The van der Waals surface area contributed by atoms with Crippen LogP contribution in [0.5, 0.6) is 0 Å². The van der Waals surface area contributed by atoms with Crippen molar-refractivity contribution in [2.24, 2.45) is 5.92 Å². The lowest BCUT2D eigenvalue weighted by atomic mass is 9.98. The molecule has 0 N–H and O–H groups in total. The lowest BCUT2D eigenvalue weighted by Crippen LogP contribution is -1.99. The molecule has 0 bridgehead atoms. The van der Waals surface area contributed by atoms with Crippen LogP contribution in [-0.4, -0.2) is 17.1 Å². The summed E-state index contributed by atoms with van der Waals surface area (Å²) >= 11 is 0. The van der Waals surface area contributed by atoms with Crippen LogP contribution in [-0.2, 0) is 4.43 Å². The summed E-state index contributed by atoms with van der Waals surface area (Å²) in [6.07, 6.45) is 5.28. The van der Waals surface area contributed by atoms with Crippen molar-refractivity contribution in [1.29, 1.82) is 0 Å². The zero-order chi connectivity index (χ0) is 7.82. The summed E-state index contributed by atoms with van der Waals surface area (Å²) in [6.45, 7) is 5.54. The molecule has 0 aliphatic carbocycles. The fourth-order valence-corrected chi connectivity index (χ4v) is 1.50. The minimum Gasteiger partial charge on any atom is -0.428 e. The lowest BCUT2D eigenvalue weighted by molar-refractivity contribution is 0.311. The Morgan fingerprint density at radius 1 is 1.30 bits per heavy atom. The van der Waals surface area contributed by atoms with E-state index in [0.717, 1.165) is 23.0 Å². The quantitative estimate of drug-likeness (QED) is 0.423. The molecule has 0 aromatic heterocycles. The molecule has 0 spiro atoms. The van der Waals surface area contributed by atoms with Crippen LogP contribution in [0.1, 0.15) is 39.5 Å². The van der Waals surface area contributed by atoms with Gasteiger partial charge in [-0.25, -0.2) is 0 Å². The number of hydrogen-bond acceptors (Lipinski definition) is 1. The van der Waals surface area contributed by atoms with Gasteiger partial charge in [0, 0.05) is 6.61 Å². The molecule has 0 radical (unpaired) electrons. The summed E-state index contributed by atoms with van der Waals surface area (Å²) in [7, 11) is 0.902. The fourth-order valence-electron chi connectivity index (χ4n) is 1.21. The Kier molecular flexibility index (Phi) is 7.41. The maximum atomic E-state index is 5.12. The third-order valence-electron chi connectivity index (χ3n) is 2.12. The molecular formula is C8H20OSi. The predicted octanol–water partition coefficient (Wildman–Crippen LogP) is 1.50. The monoisotopic (exact) mass is 160 g/mol. The Bertz CT molecular complexity index is 62.3. The van der Waals surface area contributed by atoms with Gasteiger partial charge in [-0.3, -0.25) is 0 Å². The van der Waals surface area contributed by atoms with E-state index in [9.17, 15) is 0 Å². The van der Waals surface area contributed by atoms with Crippen LogP contribution in [0.2, 0.25) is 0 Å². The molecule has 0 aliphatic heterocycles. The topological polar surface area (TPSA) is 9.23 Å². The van der Waals surface area contributed by atoms with Crippen LogP contribution in [0, 0.1) is 5.92 Å². The van der Waals surface area contributed by atoms with Gasteiger partial charge in [-0.1, -0.05) is 26.7 Å². The van der Waals surface area contributed by atoms with Crippen molar-refractivity contribution < 1.29 is 4.43 Å². The van der Waals surface area contributed by atoms with E-state index in [2.05, 4.69) is 13.8 Å². The third-order valence-corrected chi connectivity index (χ3v) is 2.52. The molecule has 0 aliphatic rings. The van der Waals surface area contributed by atoms with Crippen molar-refractivity contribution in [2.45, 2.75) is 39.5 Å².